The minimum atomic E-state index is -4.13. The van der Waals surface area contributed by atoms with Crippen LogP contribution in [0.15, 0.2) is 59.5 Å². The predicted octanol–water partition coefficient (Wildman–Crippen LogP) is -0.0621. The van der Waals surface area contributed by atoms with E-state index in [0.29, 0.717) is 5.56 Å². The molecule has 3 rings (SSSR count). The highest BCUT2D eigenvalue weighted by atomic mass is 32.2. The molecule has 2 aromatic carbocycles. The molecule has 1 aliphatic heterocycles. The average Bonchev–Trinajstić information content (AvgIpc) is 2.73. The number of rotatable bonds is 6. The van der Waals surface area contributed by atoms with Gasteiger partial charge in [0.1, 0.15) is 24.4 Å². The normalized spacial score (nSPS) is 26.9. The summed E-state index contributed by atoms with van der Waals surface area (Å²) in [5.74, 6) is -0.578. The molecule has 0 unspecified atom stereocenters. The molecule has 30 heavy (non-hydrogen) atoms. The van der Waals surface area contributed by atoms with Gasteiger partial charge >= 0.3 is 0 Å². The van der Waals surface area contributed by atoms with Crippen molar-refractivity contribution in [2.45, 2.75) is 42.5 Å². The van der Waals surface area contributed by atoms with Gasteiger partial charge in [0.2, 0.25) is 0 Å². The summed E-state index contributed by atoms with van der Waals surface area (Å²) in [5, 5.41) is 33.2. The Morgan fingerprint density at radius 3 is 2.30 bits per heavy atom. The number of hydrogen-bond donors (Lipinski definition) is 4. The van der Waals surface area contributed by atoms with Crippen LogP contribution in [0.5, 0.6) is 0 Å². The molecule has 1 amide bonds. The molecule has 0 saturated carbocycles. The van der Waals surface area contributed by atoms with Crippen LogP contribution in [-0.4, -0.2) is 66.9 Å². The van der Waals surface area contributed by atoms with Gasteiger partial charge in [-0.3, -0.25) is 8.98 Å². The fourth-order valence-corrected chi connectivity index (χ4v) is 3.91. The summed E-state index contributed by atoms with van der Waals surface area (Å²) in [4.78, 5) is 12.2. The van der Waals surface area contributed by atoms with E-state index in [1.165, 1.54) is 12.1 Å². The summed E-state index contributed by atoms with van der Waals surface area (Å²) in [6.45, 7) is 1.17. The Labute approximate surface area is 174 Å². The predicted molar refractivity (Wildman–Crippen MR) is 105 cm³/mol. The fourth-order valence-electron chi connectivity index (χ4n) is 2.99. The SMILES string of the molecule is Cc1ccc(S(=O)(=O)OC[C@@H]2O[C@@H](O)[C@@H](NC(=O)c3ccccc3)[C@@H](O)[C@H]2O)cc1. The zero-order valence-corrected chi connectivity index (χ0v) is 16.9. The Hall–Kier alpha value is -2.34. The standard InChI is InChI=1S/C20H23NO8S/c1-12-7-9-14(10-8-12)30(26,27)28-11-15-17(22)18(23)16(20(25)29-15)21-19(24)13-5-3-2-4-6-13/h2-10,15-18,20,22-23,25H,11H2,1H3,(H,21,24)/t15-,16-,17-,18+,20+/m0/s1. The zero-order valence-electron chi connectivity index (χ0n) is 16.1. The van der Waals surface area contributed by atoms with Gasteiger partial charge in [-0.15, -0.1) is 0 Å². The third-order valence-corrected chi connectivity index (χ3v) is 6.05. The number of ether oxygens (including phenoxy) is 1. The largest absolute Gasteiger partial charge is 0.388 e. The van der Waals surface area contributed by atoms with Crippen molar-refractivity contribution in [1.29, 1.82) is 0 Å². The molecule has 0 spiro atoms. The van der Waals surface area contributed by atoms with E-state index in [1.807, 2.05) is 0 Å². The van der Waals surface area contributed by atoms with E-state index >= 15 is 0 Å². The van der Waals surface area contributed by atoms with Crippen molar-refractivity contribution in [1.82, 2.24) is 5.32 Å². The number of hydrogen-bond acceptors (Lipinski definition) is 8. The molecule has 1 saturated heterocycles. The van der Waals surface area contributed by atoms with Crippen LogP contribution >= 0.6 is 0 Å². The van der Waals surface area contributed by atoms with Crippen molar-refractivity contribution >= 4 is 16.0 Å². The first-order valence-electron chi connectivity index (χ1n) is 9.21. The molecule has 2 aromatic rings. The first kappa shape index (κ1) is 22.3. The first-order valence-corrected chi connectivity index (χ1v) is 10.6. The monoisotopic (exact) mass is 437 g/mol. The Balaban J connectivity index is 1.63. The summed E-state index contributed by atoms with van der Waals surface area (Å²) in [6, 6.07) is 12.8. The smallest absolute Gasteiger partial charge is 0.297 e. The summed E-state index contributed by atoms with van der Waals surface area (Å²) in [6.07, 6.45) is -6.24. The summed E-state index contributed by atoms with van der Waals surface area (Å²) in [5.41, 5.74) is 1.16. The second-order valence-electron chi connectivity index (χ2n) is 6.96. The topological polar surface area (TPSA) is 142 Å². The molecular weight excluding hydrogens is 414 g/mol. The molecule has 0 radical (unpaired) electrons. The van der Waals surface area contributed by atoms with Crippen molar-refractivity contribution in [3.05, 3.63) is 65.7 Å². The van der Waals surface area contributed by atoms with Gasteiger partial charge in [0.25, 0.3) is 16.0 Å². The lowest BCUT2D eigenvalue weighted by atomic mass is 9.97. The highest BCUT2D eigenvalue weighted by Gasteiger charge is 2.45. The number of aliphatic hydroxyl groups is 3. The van der Waals surface area contributed by atoms with Gasteiger partial charge in [0.15, 0.2) is 6.29 Å². The van der Waals surface area contributed by atoms with Crippen molar-refractivity contribution in [2.24, 2.45) is 0 Å². The molecule has 9 nitrogen and oxygen atoms in total. The lowest BCUT2D eigenvalue weighted by Gasteiger charge is -2.40. The summed E-state index contributed by atoms with van der Waals surface area (Å²) in [7, 11) is -4.13. The quantitative estimate of drug-likeness (QED) is 0.461. The number of carbonyl (C=O) groups is 1. The maximum atomic E-state index is 12.3. The highest BCUT2D eigenvalue weighted by Crippen LogP contribution is 2.22. The second-order valence-corrected chi connectivity index (χ2v) is 8.58. The van der Waals surface area contributed by atoms with Gasteiger partial charge in [-0.1, -0.05) is 35.9 Å². The Morgan fingerprint density at radius 1 is 1.03 bits per heavy atom. The first-order chi connectivity index (χ1) is 14.2. The van der Waals surface area contributed by atoms with Gasteiger partial charge in [-0.2, -0.15) is 8.42 Å². The molecule has 1 heterocycles. The third kappa shape index (κ3) is 5.04. The van der Waals surface area contributed by atoms with Crippen LogP contribution in [0.2, 0.25) is 0 Å². The molecule has 0 bridgehead atoms. The Kier molecular flexibility index (Phi) is 6.86. The van der Waals surface area contributed by atoms with Gasteiger partial charge in [-0.05, 0) is 31.2 Å². The molecule has 0 aliphatic carbocycles. The van der Waals surface area contributed by atoms with Crippen LogP contribution in [0.4, 0.5) is 0 Å². The minimum Gasteiger partial charge on any atom is -0.388 e. The molecule has 1 aliphatic rings. The fraction of sp³-hybridized carbons (Fsp3) is 0.350. The van der Waals surface area contributed by atoms with Crippen LogP contribution in [0.25, 0.3) is 0 Å². The Bertz CT molecular complexity index is 964. The maximum Gasteiger partial charge on any atom is 0.297 e. The van der Waals surface area contributed by atoms with Crippen molar-refractivity contribution in [3.63, 3.8) is 0 Å². The van der Waals surface area contributed by atoms with Gasteiger partial charge in [0.05, 0.1) is 11.5 Å². The molecule has 10 heteroatoms. The number of aliphatic hydroxyl groups excluding tert-OH is 3. The molecule has 0 aromatic heterocycles. The number of nitrogens with one attached hydrogen (secondary N) is 1. The molecular formula is C20H23NO8S. The zero-order chi connectivity index (χ0) is 21.9. The van der Waals surface area contributed by atoms with Crippen LogP contribution in [0.3, 0.4) is 0 Å². The average molecular weight is 437 g/mol. The number of carbonyl (C=O) groups excluding carboxylic acids is 1. The van der Waals surface area contributed by atoms with Crippen LogP contribution in [0, 0.1) is 6.92 Å². The van der Waals surface area contributed by atoms with E-state index in [1.54, 1.807) is 49.4 Å². The lowest BCUT2D eigenvalue weighted by molar-refractivity contribution is -0.250. The van der Waals surface area contributed by atoms with E-state index in [0.717, 1.165) is 5.56 Å². The van der Waals surface area contributed by atoms with E-state index < -0.39 is 53.3 Å². The minimum absolute atomic E-state index is 0.0764. The van der Waals surface area contributed by atoms with Gasteiger partial charge in [-0.25, -0.2) is 0 Å². The van der Waals surface area contributed by atoms with E-state index in [4.69, 9.17) is 8.92 Å². The molecule has 162 valence electrons. The van der Waals surface area contributed by atoms with Crippen LogP contribution in [-0.2, 0) is 19.0 Å². The number of benzene rings is 2. The van der Waals surface area contributed by atoms with Gasteiger partial charge < -0.3 is 25.4 Å². The van der Waals surface area contributed by atoms with Crippen LogP contribution < -0.4 is 5.32 Å². The van der Waals surface area contributed by atoms with Crippen molar-refractivity contribution < 1.29 is 37.5 Å². The van der Waals surface area contributed by atoms with E-state index in [9.17, 15) is 28.5 Å². The van der Waals surface area contributed by atoms with E-state index in [2.05, 4.69) is 5.32 Å². The van der Waals surface area contributed by atoms with Crippen LogP contribution in [0.1, 0.15) is 15.9 Å². The second kappa shape index (κ2) is 9.21. The summed E-state index contributed by atoms with van der Waals surface area (Å²) < 4.78 is 34.7. The lowest BCUT2D eigenvalue weighted by Crippen LogP contribution is -2.64. The number of aryl methyl sites for hydroxylation is 1. The molecule has 4 N–H and O–H groups in total. The number of amides is 1. The molecule has 1 fully saturated rings. The molecule has 5 atom stereocenters. The van der Waals surface area contributed by atoms with Crippen molar-refractivity contribution in [2.75, 3.05) is 6.61 Å². The van der Waals surface area contributed by atoms with Gasteiger partial charge in [0, 0.05) is 5.56 Å². The Morgan fingerprint density at radius 2 is 1.67 bits per heavy atom. The highest BCUT2D eigenvalue weighted by molar-refractivity contribution is 7.86. The third-order valence-electron chi connectivity index (χ3n) is 4.75. The summed E-state index contributed by atoms with van der Waals surface area (Å²) >= 11 is 0. The van der Waals surface area contributed by atoms with E-state index in [-0.39, 0.29) is 4.90 Å². The van der Waals surface area contributed by atoms with Crippen molar-refractivity contribution in [3.8, 4) is 0 Å². The maximum absolute atomic E-state index is 12.3.